The molecule has 2 rings (SSSR count). The van der Waals surface area contributed by atoms with Gasteiger partial charge in [0.1, 0.15) is 0 Å². The van der Waals surface area contributed by atoms with Gasteiger partial charge in [0.2, 0.25) is 0 Å². The monoisotopic (exact) mass is 183 g/mol. The second kappa shape index (κ2) is 3.54. The maximum Gasteiger partial charge on any atom is 0.0794 e. The number of aliphatic hydroxyl groups is 1. The minimum absolute atomic E-state index is 0.141. The maximum absolute atomic E-state index is 9.61. The van der Waals surface area contributed by atoms with Crippen LogP contribution in [0, 0.1) is 5.92 Å². The van der Waals surface area contributed by atoms with E-state index in [0.717, 1.165) is 18.8 Å². The van der Waals surface area contributed by atoms with Crippen molar-refractivity contribution >= 4 is 11.3 Å². The van der Waals surface area contributed by atoms with E-state index in [1.165, 1.54) is 17.7 Å². The molecule has 1 unspecified atom stereocenters. The third kappa shape index (κ3) is 2.29. The Hall–Kier alpha value is -0.410. The summed E-state index contributed by atoms with van der Waals surface area (Å²) in [4.78, 5) is 5.17. The molecule has 66 valence electrons. The van der Waals surface area contributed by atoms with E-state index in [0.29, 0.717) is 0 Å². The zero-order valence-corrected chi connectivity index (χ0v) is 7.76. The van der Waals surface area contributed by atoms with Crippen molar-refractivity contribution in [2.24, 2.45) is 5.92 Å². The van der Waals surface area contributed by atoms with Crippen LogP contribution in [0.15, 0.2) is 11.7 Å². The van der Waals surface area contributed by atoms with Crippen molar-refractivity contribution in [1.82, 2.24) is 4.98 Å². The van der Waals surface area contributed by atoms with Crippen molar-refractivity contribution in [3.63, 3.8) is 0 Å². The zero-order chi connectivity index (χ0) is 8.39. The molecule has 3 heteroatoms. The lowest BCUT2D eigenvalue weighted by Crippen LogP contribution is -2.10. The summed E-state index contributed by atoms with van der Waals surface area (Å²) in [7, 11) is 0. The molecule has 0 saturated heterocycles. The first-order chi connectivity index (χ1) is 5.84. The van der Waals surface area contributed by atoms with Gasteiger partial charge < -0.3 is 5.11 Å². The van der Waals surface area contributed by atoms with Crippen molar-refractivity contribution in [2.45, 2.75) is 31.8 Å². The van der Waals surface area contributed by atoms with Crippen LogP contribution >= 0.6 is 11.3 Å². The second-order valence-corrected chi connectivity index (χ2v) is 4.48. The number of hydrogen-bond acceptors (Lipinski definition) is 3. The molecule has 1 heterocycles. The summed E-state index contributed by atoms with van der Waals surface area (Å²) in [6.07, 6.45) is 6.12. The summed E-state index contributed by atoms with van der Waals surface area (Å²) in [5, 5.41) is 9.61. The quantitative estimate of drug-likeness (QED) is 0.772. The number of aromatic nitrogens is 1. The van der Waals surface area contributed by atoms with E-state index >= 15 is 0 Å². The fraction of sp³-hybridized carbons (Fsp3) is 0.667. The molecule has 1 fully saturated rings. The zero-order valence-electron chi connectivity index (χ0n) is 6.94. The van der Waals surface area contributed by atoms with Crippen molar-refractivity contribution in [3.05, 3.63) is 16.6 Å². The standard InChI is InChI=1S/C9H13NOS/c11-8(3-7-1-2-7)4-9-5-10-6-12-9/h5-8,11H,1-4H2. The number of nitrogens with zero attached hydrogens (tertiary/aromatic N) is 1. The van der Waals surface area contributed by atoms with Gasteiger partial charge in [0.05, 0.1) is 11.6 Å². The number of hydrogen-bond donors (Lipinski definition) is 1. The molecule has 1 atom stereocenters. The third-order valence-electron chi connectivity index (χ3n) is 2.22. The Morgan fingerprint density at radius 2 is 2.50 bits per heavy atom. The summed E-state index contributed by atoms with van der Waals surface area (Å²) in [5.74, 6) is 0.813. The molecule has 12 heavy (non-hydrogen) atoms. The van der Waals surface area contributed by atoms with E-state index in [4.69, 9.17) is 0 Å². The predicted octanol–water partition coefficient (Wildman–Crippen LogP) is 1.85. The molecule has 0 bridgehead atoms. The van der Waals surface area contributed by atoms with Crippen LogP contribution < -0.4 is 0 Å². The van der Waals surface area contributed by atoms with Crippen LogP contribution in [0.4, 0.5) is 0 Å². The van der Waals surface area contributed by atoms with Crippen molar-refractivity contribution < 1.29 is 5.11 Å². The van der Waals surface area contributed by atoms with Crippen LogP contribution in [0.3, 0.4) is 0 Å². The molecular formula is C9H13NOS. The van der Waals surface area contributed by atoms with E-state index in [9.17, 15) is 5.11 Å². The lowest BCUT2D eigenvalue weighted by atomic mass is 10.1. The van der Waals surface area contributed by atoms with Gasteiger partial charge in [0, 0.05) is 17.5 Å². The van der Waals surface area contributed by atoms with Gasteiger partial charge in [-0.2, -0.15) is 0 Å². The molecule has 1 N–H and O–H groups in total. The highest BCUT2D eigenvalue weighted by molar-refractivity contribution is 7.09. The van der Waals surface area contributed by atoms with E-state index in [-0.39, 0.29) is 6.10 Å². The largest absolute Gasteiger partial charge is 0.393 e. The first kappa shape index (κ1) is 8.20. The minimum Gasteiger partial charge on any atom is -0.393 e. The topological polar surface area (TPSA) is 33.1 Å². The SMILES string of the molecule is OC(Cc1cncs1)CC1CC1. The molecule has 0 amide bonds. The Morgan fingerprint density at radius 3 is 3.08 bits per heavy atom. The molecular weight excluding hydrogens is 170 g/mol. The fourth-order valence-electron chi connectivity index (χ4n) is 1.40. The Labute approximate surface area is 76.3 Å². The molecule has 1 aromatic rings. The van der Waals surface area contributed by atoms with E-state index in [2.05, 4.69) is 4.98 Å². The average Bonchev–Trinajstić information content (AvgIpc) is 2.66. The first-order valence-corrected chi connectivity index (χ1v) is 5.28. The minimum atomic E-state index is -0.141. The van der Waals surface area contributed by atoms with Gasteiger partial charge in [-0.15, -0.1) is 11.3 Å². The van der Waals surface area contributed by atoms with Crippen LogP contribution in [0.1, 0.15) is 24.1 Å². The Morgan fingerprint density at radius 1 is 1.67 bits per heavy atom. The summed E-state index contributed by atoms with van der Waals surface area (Å²) in [5.41, 5.74) is 1.82. The highest BCUT2D eigenvalue weighted by Crippen LogP contribution is 2.34. The van der Waals surface area contributed by atoms with Crippen molar-refractivity contribution in [1.29, 1.82) is 0 Å². The van der Waals surface area contributed by atoms with Gasteiger partial charge in [-0.25, -0.2) is 0 Å². The van der Waals surface area contributed by atoms with Gasteiger partial charge in [-0.05, 0) is 12.3 Å². The van der Waals surface area contributed by atoms with E-state index in [1.807, 2.05) is 11.7 Å². The summed E-state index contributed by atoms with van der Waals surface area (Å²) >= 11 is 1.63. The molecule has 0 radical (unpaired) electrons. The lowest BCUT2D eigenvalue weighted by Gasteiger charge is -2.06. The molecule has 1 saturated carbocycles. The maximum atomic E-state index is 9.61. The molecule has 2 nitrogen and oxygen atoms in total. The van der Waals surface area contributed by atoms with Gasteiger partial charge in [0.15, 0.2) is 0 Å². The lowest BCUT2D eigenvalue weighted by molar-refractivity contribution is 0.159. The average molecular weight is 183 g/mol. The first-order valence-electron chi connectivity index (χ1n) is 4.40. The van der Waals surface area contributed by atoms with Crippen molar-refractivity contribution in [2.75, 3.05) is 0 Å². The molecule has 0 spiro atoms. The molecule has 1 aliphatic rings. The van der Waals surface area contributed by atoms with Crippen molar-refractivity contribution in [3.8, 4) is 0 Å². The van der Waals surface area contributed by atoms with E-state index in [1.54, 1.807) is 11.3 Å². The molecule has 1 aromatic heterocycles. The smallest absolute Gasteiger partial charge is 0.0794 e. The van der Waals surface area contributed by atoms with Gasteiger partial charge in [-0.3, -0.25) is 4.98 Å². The van der Waals surface area contributed by atoms with Crippen LogP contribution in [0.2, 0.25) is 0 Å². The van der Waals surface area contributed by atoms with Gasteiger partial charge >= 0.3 is 0 Å². The van der Waals surface area contributed by atoms with Crippen LogP contribution in [0.25, 0.3) is 0 Å². The van der Waals surface area contributed by atoms with Crippen LogP contribution in [0.5, 0.6) is 0 Å². The molecule has 1 aliphatic carbocycles. The van der Waals surface area contributed by atoms with E-state index < -0.39 is 0 Å². The number of aliphatic hydroxyl groups excluding tert-OH is 1. The normalized spacial score (nSPS) is 19.4. The molecule has 0 aromatic carbocycles. The van der Waals surface area contributed by atoms with Gasteiger partial charge in [-0.1, -0.05) is 12.8 Å². The second-order valence-electron chi connectivity index (χ2n) is 3.50. The third-order valence-corrected chi connectivity index (χ3v) is 3.02. The van der Waals surface area contributed by atoms with Crippen LogP contribution in [-0.4, -0.2) is 16.2 Å². The Kier molecular flexibility index (Phi) is 2.42. The highest BCUT2D eigenvalue weighted by Gasteiger charge is 2.24. The van der Waals surface area contributed by atoms with Gasteiger partial charge in [0.25, 0.3) is 0 Å². The number of thiazole rings is 1. The summed E-state index contributed by atoms with van der Waals surface area (Å²) < 4.78 is 0. The van der Waals surface area contributed by atoms with Crippen LogP contribution in [-0.2, 0) is 6.42 Å². The number of rotatable bonds is 4. The summed E-state index contributed by atoms with van der Waals surface area (Å²) in [6.45, 7) is 0. The predicted molar refractivity (Wildman–Crippen MR) is 49.2 cm³/mol. The Balaban J connectivity index is 1.77. The highest BCUT2D eigenvalue weighted by atomic mass is 32.1. The molecule has 0 aliphatic heterocycles. The Bertz CT molecular complexity index is 231. The summed E-state index contributed by atoms with van der Waals surface area (Å²) in [6, 6.07) is 0. The fourth-order valence-corrected chi connectivity index (χ4v) is 2.06.